The van der Waals surface area contributed by atoms with Gasteiger partial charge in [-0.05, 0) is 52.5 Å². The van der Waals surface area contributed by atoms with Gasteiger partial charge in [-0.3, -0.25) is 0 Å². The van der Waals surface area contributed by atoms with Gasteiger partial charge in [-0.25, -0.2) is 0 Å². The summed E-state index contributed by atoms with van der Waals surface area (Å²) in [5.41, 5.74) is 7.17. The molecule has 0 nitrogen and oxygen atoms in total. The predicted molar refractivity (Wildman–Crippen MR) is 116 cm³/mol. The van der Waals surface area contributed by atoms with Gasteiger partial charge >= 0.3 is 0 Å². The zero-order valence-electron chi connectivity index (χ0n) is 16.4. The Bertz CT molecular complexity index is 901. The van der Waals surface area contributed by atoms with E-state index in [9.17, 15) is 0 Å². The van der Waals surface area contributed by atoms with E-state index in [1.807, 2.05) is 6.08 Å². The summed E-state index contributed by atoms with van der Waals surface area (Å²) < 4.78 is 0. The number of hydrogen-bond acceptors (Lipinski definition) is 0. The molecule has 0 aromatic heterocycles. The molecule has 0 saturated heterocycles. The van der Waals surface area contributed by atoms with Crippen molar-refractivity contribution in [2.24, 2.45) is 5.41 Å². The fourth-order valence-corrected chi connectivity index (χ4v) is 4.95. The Morgan fingerprint density at radius 1 is 0.778 bits per heavy atom. The quantitative estimate of drug-likeness (QED) is 0.406. The lowest BCUT2D eigenvalue weighted by Crippen LogP contribution is -2.33. The van der Waals surface area contributed by atoms with Crippen LogP contribution in [0.15, 0.2) is 91.5 Å². The summed E-state index contributed by atoms with van der Waals surface area (Å²) in [5.74, 6) is 0. The van der Waals surface area contributed by atoms with Crippen LogP contribution in [-0.2, 0) is 5.41 Å². The average molecular weight is 353 g/mol. The maximum absolute atomic E-state index is 3.94. The molecule has 1 aliphatic carbocycles. The van der Waals surface area contributed by atoms with Gasteiger partial charge in [0.05, 0.1) is 0 Å². The minimum atomic E-state index is -0.0981. The smallest absolute Gasteiger partial charge is 0.0468 e. The van der Waals surface area contributed by atoms with Gasteiger partial charge in [0, 0.05) is 5.41 Å². The summed E-state index contributed by atoms with van der Waals surface area (Å²) >= 11 is 0. The fourth-order valence-electron chi connectivity index (χ4n) is 4.95. The van der Waals surface area contributed by atoms with Gasteiger partial charge in [0.1, 0.15) is 0 Å². The van der Waals surface area contributed by atoms with E-state index >= 15 is 0 Å². The molecule has 0 aliphatic heterocycles. The Morgan fingerprint density at radius 2 is 1.30 bits per heavy atom. The predicted octanol–water partition coefficient (Wildman–Crippen LogP) is 7.38. The lowest BCUT2D eigenvalue weighted by atomic mass is 9.63. The molecule has 0 fully saturated rings. The molecule has 0 atom stereocenters. The highest BCUT2D eigenvalue weighted by molar-refractivity contribution is 5.83. The topological polar surface area (TPSA) is 0 Å². The summed E-state index contributed by atoms with van der Waals surface area (Å²) in [5, 5.41) is 0. The normalized spacial score (nSPS) is 14.4. The Kier molecular flexibility index (Phi) is 4.52. The third kappa shape index (κ3) is 2.94. The molecular formula is C27H28. The van der Waals surface area contributed by atoms with Crippen LogP contribution in [0.1, 0.15) is 49.8 Å². The second-order valence-corrected chi connectivity index (χ2v) is 8.53. The summed E-state index contributed by atoms with van der Waals surface area (Å²) in [6, 6.07) is 29.1. The van der Waals surface area contributed by atoms with Gasteiger partial charge in [0.25, 0.3) is 0 Å². The van der Waals surface area contributed by atoms with Crippen molar-refractivity contribution >= 4 is 0 Å². The van der Waals surface area contributed by atoms with Crippen LogP contribution in [0.4, 0.5) is 0 Å². The molecule has 0 radical (unpaired) electrons. The highest BCUT2D eigenvalue weighted by Gasteiger charge is 2.46. The minimum Gasteiger partial charge on any atom is -0.103 e. The molecule has 0 unspecified atom stereocenters. The molecule has 0 heteroatoms. The van der Waals surface area contributed by atoms with Crippen molar-refractivity contribution in [3.05, 3.63) is 108 Å². The highest BCUT2D eigenvalue weighted by Crippen LogP contribution is 2.57. The molecule has 0 amide bonds. The maximum Gasteiger partial charge on any atom is 0.0468 e. The van der Waals surface area contributed by atoms with E-state index in [1.54, 1.807) is 0 Å². The molecule has 0 saturated carbocycles. The second-order valence-electron chi connectivity index (χ2n) is 8.53. The van der Waals surface area contributed by atoms with Crippen LogP contribution in [0.3, 0.4) is 0 Å². The molecule has 0 spiro atoms. The van der Waals surface area contributed by atoms with Gasteiger partial charge in [0.15, 0.2) is 0 Å². The highest BCUT2D eigenvalue weighted by atomic mass is 14.5. The van der Waals surface area contributed by atoms with Crippen LogP contribution in [0.5, 0.6) is 0 Å². The van der Waals surface area contributed by atoms with Gasteiger partial charge in [-0.15, -0.1) is 6.58 Å². The van der Waals surface area contributed by atoms with E-state index in [-0.39, 0.29) is 10.8 Å². The lowest BCUT2D eigenvalue weighted by Gasteiger charge is -2.40. The minimum absolute atomic E-state index is 0.0981. The van der Waals surface area contributed by atoms with Crippen LogP contribution in [0.25, 0.3) is 11.1 Å². The Hall–Kier alpha value is -2.60. The Labute approximate surface area is 163 Å². The summed E-state index contributed by atoms with van der Waals surface area (Å²) in [6.07, 6.45) is 5.34. The van der Waals surface area contributed by atoms with Crippen molar-refractivity contribution in [1.82, 2.24) is 0 Å². The van der Waals surface area contributed by atoms with Gasteiger partial charge in [-0.1, -0.05) is 98.8 Å². The van der Waals surface area contributed by atoms with Gasteiger partial charge in [0.2, 0.25) is 0 Å². The third-order valence-electron chi connectivity index (χ3n) is 6.10. The molecule has 27 heavy (non-hydrogen) atoms. The number of hydrogen-bond donors (Lipinski definition) is 0. The first-order valence-electron chi connectivity index (χ1n) is 9.94. The van der Waals surface area contributed by atoms with E-state index < -0.39 is 0 Å². The molecule has 0 heterocycles. The summed E-state index contributed by atoms with van der Waals surface area (Å²) in [7, 11) is 0. The molecule has 136 valence electrons. The monoisotopic (exact) mass is 352 g/mol. The average Bonchev–Trinajstić information content (AvgIpc) is 2.98. The van der Waals surface area contributed by atoms with E-state index in [0.717, 1.165) is 19.3 Å². The van der Waals surface area contributed by atoms with E-state index in [2.05, 4.69) is 99.3 Å². The Morgan fingerprint density at radius 3 is 1.85 bits per heavy atom. The number of benzene rings is 3. The van der Waals surface area contributed by atoms with Crippen molar-refractivity contribution < 1.29 is 0 Å². The molecule has 3 aromatic rings. The summed E-state index contributed by atoms with van der Waals surface area (Å²) in [6.45, 7) is 8.76. The largest absolute Gasteiger partial charge is 0.103 e. The first-order valence-corrected chi connectivity index (χ1v) is 9.94. The first-order chi connectivity index (χ1) is 13.1. The zero-order chi connectivity index (χ0) is 18.9. The van der Waals surface area contributed by atoms with Crippen LogP contribution in [0, 0.1) is 5.41 Å². The molecule has 0 bridgehead atoms. The fraction of sp³-hybridized carbons (Fsp3) is 0.259. The van der Waals surface area contributed by atoms with Crippen molar-refractivity contribution in [3.63, 3.8) is 0 Å². The summed E-state index contributed by atoms with van der Waals surface area (Å²) in [4.78, 5) is 0. The third-order valence-corrected chi connectivity index (χ3v) is 6.10. The molecule has 0 N–H and O–H groups in total. The number of rotatable bonds is 6. The van der Waals surface area contributed by atoms with E-state index in [1.165, 1.54) is 27.8 Å². The van der Waals surface area contributed by atoms with Crippen molar-refractivity contribution in [3.8, 4) is 11.1 Å². The SMILES string of the molecule is C=CCCC(C)(C)CC1(c2ccccc2)c2ccccc2-c2ccccc21. The lowest BCUT2D eigenvalue weighted by molar-refractivity contribution is 0.265. The number of fused-ring (bicyclic) bond motifs is 3. The van der Waals surface area contributed by atoms with Gasteiger partial charge in [-0.2, -0.15) is 0 Å². The molecule has 3 aromatic carbocycles. The van der Waals surface area contributed by atoms with Crippen molar-refractivity contribution in [2.75, 3.05) is 0 Å². The standard InChI is InChI=1S/C27H28/c1-4-5-19-26(2,3)20-27(21-13-7-6-8-14-21)24-17-11-9-15-22(24)23-16-10-12-18-25(23)27/h4,6-18H,1,5,19-20H2,2-3H3. The van der Waals surface area contributed by atoms with Crippen LogP contribution in [0.2, 0.25) is 0 Å². The van der Waals surface area contributed by atoms with Crippen molar-refractivity contribution in [2.45, 2.75) is 38.5 Å². The zero-order valence-corrected chi connectivity index (χ0v) is 16.4. The van der Waals surface area contributed by atoms with E-state index in [4.69, 9.17) is 0 Å². The molecule has 1 aliphatic rings. The van der Waals surface area contributed by atoms with Gasteiger partial charge < -0.3 is 0 Å². The first kappa shape index (κ1) is 17.8. The Balaban J connectivity index is 1.98. The van der Waals surface area contributed by atoms with E-state index in [0.29, 0.717) is 0 Å². The molecular weight excluding hydrogens is 324 g/mol. The maximum atomic E-state index is 3.94. The van der Waals surface area contributed by atoms with Crippen LogP contribution in [-0.4, -0.2) is 0 Å². The van der Waals surface area contributed by atoms with Crippen molar-refractivity contribution in [1.29, 1.82) is 0 Å². The molecule has 4 rings (SSSR count). The van der Waals surface area contributed by atoms with Crippen LogP contribution >= 0.6 is 0 Å². The second kappa shape index (κ2) is 6.85. The number of allylic oxidation sites excluding steroid dienone is 1. The van der Waals surface area contributed by atoms with Crippen LogP contribution < -0.4 is 0 Å².